The van der Waals surface area contributed by atoms with Crippen LogP contribution < -0.4 is 10.2 Å². The second-order valence-electron chi connectivity index (χ2n) is 9.91. The zero-order valence-corrected chi connectivity index (χ0v) is 23.3. The van der Waals surface area contributed by atoms with Crippen LogP contribution in [0.25, 0.3) is 22.2 Å². The van der Waals surface area contributed by atoms with Gasteiger partial charge in [-0.25, -0.2) is 23.5 Å². The zero-order valence-electron chi connectivity index (χ0n) is 23.3. The Bertz CT molecular complexity index is 1770. The average Bonchev–Trinajstić information content (AvgIpc) is 3.62. The molecule has 16 heteroatoms. The van der Waals surface area contributed by atoms with E-state index in [4.69, 9.17) is 24.6 Å². The highest BCUT2D eigenvalue weighted by molar-refractivity contribution is 5.84. The summed E-state index contributed by atoms with van der Waals surface area (Å²) in [7, 11) is 0. The van der Waals surface area contributed by atoms with E-state index in [0.29, 0.717) is 61.5 Å². The Kier molecular flexibility index (Phi) is 8.89. The van der Waals surface area contributed by atoms with E-state index in [1.54, 1.807) is 6.33 Å². The zero-order chi connectivity index (χ0) is 31.4. The number of ether oxygens (including phenoxy) is 1. The number of fused-ring (bicyclic) bond motifs is 2. The van der Waals surface area contributed by atoms with Gasteiger partial charge in [-0.1, -0.05) is 29.8 Å². The fourth-order valence-electron chi connectivity index (χ4n) is 4.45. The number of rotatable bonds is 7. The van der Waals surface area contributed by atoms with E-state index in [-0.39, 0.29) is 12.1 Å². The number of aliphatic carboxylic acids is 1. The average molecular weight is 619 g/mol. The minimum Gasteiger partial charge on any atom is -0.475 e. The SMILES string of the molecule is Cc1ccc(CCn2cnc3c(NCc4nc5c(F)c(F)ccc5[nH]4)nc(N4CCOCC4)nc32)cc1.O=C(O)C(F)(F)F. The summed E-state index contributed by atoms with van der Waals surface area (Å²) < 4.78 is 67.0. The van der Waals surface area contributed by atoms with E-state index < -0.39 is 23.8 Å². The fraction of sp³-hybridized carbons (Fsp3) is 0.321. The van der Waals surface area contributed by atoms with Crippen LogP contribution in [0.1, 0.15) is 17.0 Å². The lowest BCUT2D eigenvalue weighted by atomic mass is 10.1. The summed E-state index contributed by atoms with van der Waals surface area (Å²) in [6.45, 7) is 5.61. The Morgan fingerprint density at radius 1 is 1.05 bits per heavy atom. The Hall–Kier alpha value is -4.86. The third-order valence-electron chi connectivity index (χ3n) is 6.77. The van der Waals surface area contributed by atoms with Crippen molar-refractivity contribution in [2.75, 3.05) is 36.5 Å². The summed E-state index contributed by atoms with van der Waals surface area (Å²) in [5.74, 6) is -3.06. The number of halogens is 5. The van der Waals surface area contributed by atoms with Crippen molar-refractivity contribution in [3.05, 3.63) is 71.3 Å². The number of nitrogens with one attached hydrogen (secondary N) is 2. The maximum Gasteiger partial charge on any atom is 0.490 e. The van der Waals surface area contributed by atoms with Crippen LogP contribution in [0, 0.1) is 18.6 Å². The van der Waals surface area contributed by atoms with Gasteiger partial charge in [-0.05, 0) is 31.0 Å². The van der Waals surface area contributed by atoms with Crippen LogP contribution in [0.3, 0.4) is 0 Å². The van der Waals surface area contributed by atoms with Crippen molar-refractivity contribution < 1.29 is 36.6 Å². The highest BCUT2D eigenvalue weighted by Crippen LogP contribution is 2.25. The number of carboxylic acids is 1. The highest BCUT2D eigenvalue weighted by Gasteiger charge is 2.38. The Labute approximate surface area is 246 Å². The van der Waals surface area contributed by atoms with Crippen molar-refractivity contribution in [3.8, 4) is 0 Å². The molecule has 3 N–H and O–H groups in total. The van der Waals surface area contributed by atoms with Crippen LogP contribution in [0.15, 0.2) is 42.7 Å². The van der Waals surface area contributed by atoms with Gasteiger partial charge in [0.05, 0.1) is 31.6 Å². The molecule has 0 atom stereocenters. The van der Waals surface area contributed by atoms with Crippen LogP contribution in [0.4, 0.5) is 33.7 Å². The number of nitrogens with zero attached hydrogens (tertiary/aromatic N) is 6. The van der Waals surface area contributed by atoms with E-state index >= 15 is 0 Å². The number of aryl methyl sites for hydroxylation is 3. The van der Waals surface area contributed by atoms with Gasteiger partial charge in [-0.2, -0.15) is 23.1 Å². The molecule has 44 heavy (non-hydrogen) atoms. The van der Waals surface area contributed by atoms with Crippen LogP contribution in [-0.4, -0.2) is 73.0 Å². The summed E-state index contributed by atoms with van der Waals surface area (Å²) in [6, 6.07) is 11.0. The second kappa shape index (κ2) is 12.8. The molecule has 3 aromatic heterocycles. The summed E-state index contributed by atoms with van der Waals surface area (Å²) in [4.78, 5) is 32.5. The van der Waals surface area contributed by atoms with Crippen LogP contribution >= 0.6 is 0 Å². The number of carboxylic acid groups (broad SMARTS) is 1. The topological polar surface area (TPSA) is 134 Å². The van der Waals surface area contributed by atoms with Gasteiger partial charge in [0.25, 0.3) is 0 Å². The maximum absolute atomic E-state index is 14.1. The molecule has 0 spiro atoms. The number of carbonyl (C=O) groups is 1. The summed E-state index contributed by atoms with van der Waals surface area (Å²) in [5.41, 5.74) is 4.23. The van der Waals surface area contributed by atoms with Crippen LogP contribution in [-0.2, 0) is 29.0 Å². The molecule has 0 saturated carbocycles. The van der Waals surface area contributed by atoms with Crippen molar-refractivity contribution in [2.45, 2.75) is 32.6 Å². The molecule has 0 radical (unpaired) electrons. The standard InChI is InChI=1S/C26H26F2N8O.C2HF3O2/c1-16-2-4-17(5-3-16)8-9-36-15-30-23-24(33-26(34-25(23)36)35-10-12-37-13-11-35)29-14-20-31-19-7-6-18(27)21(28)22(19)32-20;3-2(4,5)1(6)7/h2-7,15H,8-14H2,1H3,(H,31,32)(H,29,33,34);(H,6,7). The minimum absolute atomic E-state index is 0.0287. The highest BCUT2D eigenvalue weighted by atomic mass is 19.4. The third-order valence-corrected chi connectivity index (χ3v) is 6.77. The van der Waals surface area contributed by atoms with Gasteiger partial charge in [0.1, 0.15) is 11.3 Å². The number of hydrogen-bond acceptors (Lipinski definition) is 8. The predicted molar refractivity (Wildman–Crippen MR) is 150 cm³/mol. The summed E-state index contributed by atoms with van der Waals surface area (Å²) in [6.07, 6.45) is -2.46. The molecule has 0 bridgehead atoms. The minimum atomic E-state index is -5.08. The van der Waals surface area contributed by atoms with Crippen molar-refractivity contribution in [1.82, 2.24) is 29.5 Å². The lowest BCUT2D eigenvalue weighted by Crippen LogP contribution is -2.37. The number of benzene rings is 2. The van der Waals surface area contributed by atoms with E-state index in [1.165, 1.54) is 17.2 Å². The van der Waals surface area contributed by atoms with E-state index in [0.717, 1.165) is 18.1 Å². The third kappa shape index (κ3) is 7.02. The first-order valence-corrected chi connectivity index (χ1v) is 13.5. The molecule has 1 saturated heterocycles. The molecule has 1 aliphatic heterocycles. The van der Waals surface area contributed by atoms with Crippen molar-refractivity contribution >= 4 is 39.9 Å². The van der Waals surface area contributed by atoms with E-state index in [9.17, 15) is 22.0 Å². The number of hydrogen-bond donors (Lipinski definition) is 3. The molecule has 11 nitrogen and oxygen atoms in total. The molecular weight excluding hydrogens is 591 g/mol. The molecule has 5 aromatic rings. The molecule has 0 amide bonds. The van der Waals surface area contributed by atoms with E-state index in [2.05, 4.69) is 56.4 Å². The molecule has 0 aliphatic carbocycles. The van der Waals surface area contributed by atoms with Crippen molar-refractivity contribution in [2.24, 2.45) is 0 Å². The molecule has 0 unspecified atom stereocenters. The predicted octanol–water partition coefficient (Wildman–Crippen LogP) is 4.61. The molecule has 232 valence electrons. The number of aromatic amines is 1. The first kappa shape index (κ1) is 30.6. The first-order valence-electron chi connectivity index (χ1n) is 13.5. The molecule has 1 aliphatic rings. The second-order valence-corrected chi connectivity index (χ2v) is 9.91. The largest absolute Gasteiger partial charge is 0.490 e. The summed E-state index contributed by atoms with van der Waals surface area (Å²) >= 11 is 0. The molecule has 2 aromatic carbocycles. The fourth-order valence-corrected chi connectivity index (χ4v) is 4.45. The monoisotopic (exact) mass is 618 g/mol. The number of H-pyrrole nitrogens is 1. The van der Waals surface area contributed by atoms with Gasteiger partial charge < -0.3 is 29.6 Å². The lowest BCUT2D eigenvalue weighted by Gasteiger charge is -2.27. The number of imidazole rings is 2. The molecular formula is C28H27F5N8O3. The number of anilines is 2. The normalized spacial score (nSPS) is 13.6. The van der Waals surface area contributed by atoms with E-state index in [1.807, 2.05) is 4.57 Å². The van der Waals surface area contributed by atoms with Crippen LogP contribution in [0.2, 0.25) is 0 Å². The Balaban J connectivity index is 0.000000493. The molecule has 4 heterocycles. The van der Waals surface area contributed by atoms with Crippen molar-refractivity contribution in [1.29, 1.82) is 0 Å². The number of morpholine rings is 1. The maximum atomic E-state index is 14.1. The number of aromatic nitrogens is 6. The smallest absolute Gasteiger partial charge is 0.475 e. The van der Waals surface area contributed by atoms with Gasteiger partial charge >= 0.3 is 12.1 Å². The van der Waals surface area contributed by atoms with Gasteiger partial charge in [0, 0.05) is 19.6 Å². The van der Waals surface area contributed by atoms with Gasteiger partial charge in [-0.15, -0.1) is 0 Å². The van der Waals surface area contributed by atoms with Crippen molar-refractivity contribution in [3.63, 3.8) is 0 Å². The Morgan fingerprint density at radius 2 is 1.75 bits per heavy atom. The molecule has 6 rings (SSSR count). The van der Waals surface area contributed by atoms with Gasteiger partial charge in [-0.3, -0.25) is 0 Å². The Morgan fingerprint density at radius 3 is 2.43 bits per heavy atom. The quantitative estimate of drug-likeness (QED) is 0.224. The van der Waals surface area contributed by atoms with Crippen LogP contribution in [0.5, 0.6) is 0 Å². The lowest BCUT2D eigenvalue weighted by molar-refractivity contribution is -0.192. The molecule has 1 fully saturated rings. The van der Waals surface area contributed by atoms with Gasteiger partial charge in [0.2, 0.25) is 5.95 Å². The first-order chi connectivity index (χ1) is 21.0. The van der Waals surface area contributed by atoms with Gasteiger partial charge in [0.15, 0.2) is 28.6 Å². The number of alkyl halides is 3. The summed E-state index contributed by atoms with van der Waals surface area (Å²) in [5, 5.41) is 10.4.